The summed E-state index contributed by atoms with van der Waals surface area (Å²) in [6.07, 6.45) is 0. The second-order valence-corrected chi connectivity index (χ2v) is 5.20. The summed E-state index contributed by atoms with van der Waals surface area (Å²) < 4.78 is 15.9. The van der Waals surface area contributed by atoms with E-state index in [4.69, 9.17) is 25.8 Å². The smallest absolute Gasteiger partial charge is 0.271 e. The minimum absolute atomic E-state index is 0.0609. The summed E-state index contributed by atoms with van der Waals surface area (Å²) in [5.41, 5.74) is 1.35. The van der Waals surface area contributed by atoms with Crippen LogP contribution >= 0.6 is 11.6 Å². The maximum absolute atomic E-state index is 10.7. The van der Waals surface area contributed by atoms with E-state index in [1.807, 2.05) is 0 Å². The number of nitro benzene ring substituents is 1. The van der Waals surface area contributed by atoms with Gasteiger partial charge < -0.3 is 19.5 Å². The van der Waals surface area contributed by atoms with Crippen molar-refractivity contribution < 1.29 is 19.1 Å². The normalized spacial score (nSPS) is 10.2. The molecule has 2 rings (SSSR count). The number of hydrogen-bond donors (Lipinski definition) is 1. The van der Waals surface area contributed by atoms with Gasteiger partial charge in [-0.1, -0.05) is 11.6 Å². The number of nitrogens with zero attached hydrogens (tertiary/aromatic N) is 1. The predicted octanol–water partition coefficient (Wildman–Crippen LogP) is 3.89. The van der Waals surface area contributed by atoms with Crippen molar-refractivity contribution >= 4 is 23.0 Å². The molecule has 24 heavy (non-hydrogen) atoms. The molecule has 8 heteroatoms. The van der Waals surface area contributed by atoms with Gasteiger partial charge in [0, 0.05) is 30.3 Å². The van der Waals surface area contributed by atoms with Crippen LogP contribution in [0.3, 0.4) is 0 Å². The van der Waals surface area contributed by atoms with E-state index < -0.39 is 4.92 Å². The third-order valence-electron chi connectivity index (χ3n) is 3.42. The molecule has 0 aromatic heterocycles. The highest BCUT2D eigenvalue weighted by atomic mass is 35.5. The molecule has 0 aliphatic heterocycles. The van der Waals surface area contributed by atoms with Gasteiger partial charge in [0.1, 0.15) is 5.75 Å². The van der Waals surface area contributed by atoms with Crippen LogP contribution in [0.2, 0.25) is 5.02 Å². The second-order valence-electron chi connectivity index (χ2n) is 4.79. The minimum Gasteiger partial charge on any atom is -0.496 e. The first-order chi connectivity index (χ1) is 11.5. The maximum Gasteiger partial charge on any atom is 0.271 e. The maximum atomic E-state index is 10.7. The molecule has 0 heterocycles. The zero-order valence-electron chi connectivity index (χ0n) is 13.5. The van der Waals surface area contributed by atoms with Gasteiger partial charge in [0.2, 0.25) is 0 Å². The quantitative estimate of drug-likeness (QED) is 0.601. The van der Waals surface area contributed by atoms with Crippen molar-refractivity contribution in [3.63, 3.8) is 0 Å². The zero-order chi connectivity index (χ0) is 17.7. The molecule has 7 nitrogen and oxygen atoms in total. The molecule has 0 aliphatic rings. The van der Waals surface area contributed by atoms with Crippen molar-refractivity contribution in [1.82, 2.24) is 0 Å². The van der Waals surface area contributed by atoms with Gasteiger partial charge in [0.15, 0.2) is 11.5 Å². The van der Waals surface area contributed by atoms with E-state index in [2.05, 4.69) is 5.32 Å². The van der Waals surface area contributed by atoms with E-state index in [0.29, 0.717) is 29.5 Å². The van der Waals surface area contributed by atoms with Gasteiger partial charge in [0.05, 0.1) is 37.0 Å². The Kier molecular flexibility index (Phi) is 5.70. The Morgan fingerprint density at radius 1 is 1.04 bits per heavy atom. The number of hydrogen-bond acceptors (Lipinski definition) is 6. The SMILES string of the molecule is COc1cc(OC)c(OC)cc1CNc1ccc([N+](=O)[O-])cc1Cl. The third-order valence-corrected chi connectivity index (χ3v) is 3.73. The minimum atomic E-state index is -0.493. The lowest BCUT2D eigenvalue weighted by Crippen LogP contribution is -2.04. The Balaban J connectivity index is 2.24. The zero-order valence-corrected chi connectivity index (χ0v) is 14.2. The van der Waals surface area contributed by atoms with Gasteiger partial charge in [-0.25, -0.2) is 0 Å². The van der Waals surface area contributed by atoms with E-state index in [0.717, 1.165) is 5.56 Å². The first-order valence-corrected chi connectivity index (χ1v) is 7.34. The molecule has 0 radical (unpaired) electrons. The number of anilines is 1. The first-order valence-electron chi connectivity index (χ1n) is 6.96. The van der Waals surface area contributed by atoms with Crippen molar-refractivity contribution in [2.24, 2.45) is 0 Å². The number of halogens is 1. The third kappa shape index (κ3) is 3.80. The number of benzene rings is 2. The molecule has 0 spiro atoms. The average Bonchev–Trinajstić information content (AvgIpc) is 2.59. The summed E-state index contributed by atoms with van der Waals surface area (Å²) in [4.78, 5) is 10.2. The van der Waals surface area contributed by atoms with Crippen LogP contribution in [0, 0.1) is 10.1 Å². The molecule has 0 saturated heterocycles. The molecule has 2 aromatic carbocycles. The van der Waals surface area contributed by atoms with E-state index in [1.165, 1.54) is 12.1 Å². The molecule has 0 atom stereocenters. The van der Waals surface area contributed by atoms with Crippen LogP contribution in [0.15, 0.2) is 30.3 Å². The van der Waals surface area contributed by atoms with Crippen LogP contribution in [-0.4, -0.2) is 26.3 Å². The van der Waals surface area contributed by atoms with E-state index in [-0.39, 0.29) is 10.7 Å². The number of nitro groups is 1. The van der Waals surface area contributed by atoms with E-state index in [9.17, 15) is 10.1 Å². The van der Waals surface area contributed by atoms with Gasteiger partial charge in [0.25, 0.3) is 5.69 Å². The summed E-state index contributed by atoms with van der Waals surface area (Å²) in [6, 6.07) is 7.78. The standard InChI is InChI=1S/C16H17ClN2O5/c1-22-14-8-16(24-3)15(23-2)6-10(14)9-18-13-5-4-11(19(20)21)7-12(13)17/h4-8,18H,9H2,1-3H3. The van der Waals surface area contributed by atoms with Crippen molar-refractivity contribution in [1.29, 1.82) is 0 Å². The fraction of sp³-hybridized carbons (Fsp3) is 0.250. The molecule has 0 aliphatic carbocycles. The summed E-state index contributed by atoms with van der Waals surface area (Å²) in [6.45, 7) is 0.390. The summed E-state index contributed by atoms with van der Waals surface area (Å²) in [7, 11) is 4.66. The molecular weight excluding hydrogens is 336 g/mol. The van der Waals surface area contributed by atoms with Gasteiger partial charge in [-0.2, -0.15) is 0 Å². The Morgan fingerprint density at radius 2 is 1.67 bits per heavy atom. The van der Waals surface area contributed by atoms with Crippen LogP contribution in [0.4, 0.5) is 11.4 Å². The Bertz CT molecular complexity index is 751. The second kappa shape index (κ2) is 7.74. The molecule has 2 aromatic rings. The number of nitrogens with one attached hydrogen (secondary N) is 1. The van der Waals surface area contributed by atoms with Gasteiger partial charge in [-0.05, 0) is 12.1 Å². The monoisotopic (exact) mass is 352 g/mol. The lowest BCUT2D eigenvalue weighted by atomic mass is 10.1. The van der Waals surface area contributed by atoms with Gasteiger partial charge >= 0.3 is 0 Å². The topological polar surface area (TPSA) is 82.9 Å². The lowest BCUT2D eigenvalue weighted by Gasteiger charge is -2.15. The molecule has 128 valence electrons. The van der Waals surface area contributed by atoms with Gasteiger partial charge in [-0.3, -0.25) is 10.1 Å². The fourth-order valence-corrected chi connectivity index (χ4v) is 2.42. The van der Waals surface area contributed by atoms with Crippen LogP contribution in [0.5, 0.6) is 17.2 Å². The highest BCUT2D eigenvalue weighted by Crippen LogP contribution is 2.35. The number of ether oxygens (including phenoxy) is 3. The molecule has 0 fully saturated rings. The van der Waals surface area contributed by atoms with Crippen LogP contribution in [-0.2, 0) is 6.54 Å². The highest BCUT2D eigenvalue weighted by Gasteiger charge is 2.13. The number of methoxy groups -OCH3 is 3. The van der Waals surface area contributed by atoms with Crippen LogP contribution < -0.4 is 19.5 Å². The van der Waals surface area contributed by atoms with E-state index in [1.54, 1.807) is 39.5 Å². The molecule has 1 N–H and O–H groups in total. The lowest BCUT2D eigenvalue weighted by molar-refractivity contribution is -0.384. The van der Waals surface area contributed by atoms with Crippen molar-refractivity contribution in [3.05, 3.63) is 51.0 Å². The fourth-order valence-electron chi connectivity index (χ4n) is 2.18. The summed E-state index contributed by atoms with van der Waals surface area (Å²) in [5, 5.41) is 14.1. The molecular formula is C16H17ClN2O5. The number of non-ortho nitro benzene ring substituents is 1. The molecule has 0 unspecified atom stereocenters. The van der Waals surface area contributed by atoms with E-state index >= 15 is 0 Å². The van der Waals surface area contributed by atoms with Crippen LogP contribution in [0.1, 0.15) is 5.56 Å². The summed E-state index contributed by atoms with van der Waals surface area (Å²) >= 11 is 6.08. The van der Waals surface area contributed by atoms with Crippen molar-refractivity contribution in [3.8, 4) is 17.2 Å². The first kappa shape index (κ1) is 17.7. The summed E-state index contributed by atoms with van der Waals surface area (Å²) in [5.74, 6) is 1.76. The highest BCUT2D eigenvalue weighted by molar-refractivity contribution is 6.33. The van der Waals surface area contributed by atoms with Crippen molar-refractivity contribution in [2.75, 3.05) is 26.6 Å². The number of rotatable bonds is 7. The van der Waals surface area contributed by atoms with Crippen molar-refractivity contribution in [2.45, 2.75) is 6.54 Å². The molecule has 0 bridgehead atoms. The largest absolute Gasteiger partial charge is 0.496 e. The average molecular weight is 353 g/mol. The Morgan fingerprint density at radius 3 is 2.21 bits per heavy atom. The Labute approximate surface area is 144 Å². The van der Waals surface area contributed by atoms with Gasteiger partial charge in [-0.15, -0.1) is 0 Å². The predicted molar refractivity (Wildman–Crippen MR) is 91.5 cm³/mol. The molecule has 0 saturated carbocycles. The molecule has 0 amide bonds. The Hall–Kier alpha value is -2.67. The van der Waals surface area contributed by atoms with Crippen LogP contribution in [0.25, 0.3) is 0 Å².